The van der Waals surface area contributed by atoms with Crippen molar-refractivity contribution >= 4 is 36.5 Å². The van der Waals surface area contributed by atoms with Crippen molar-refractivity contribution < 1.29 is 4.79 Å². The maximum atomic E-state index is 10.1. The Balaban J connectivity index is 2.68. The molecule has 1 rings (SSSR count). The molecule has 0 spiro atoms. The normalized spacial score (nSPS) is 8.93. The van der Waals surface area contributed by atoms with Crippen LogP contribution in [0, 0.1) is 0 Å². The van der Waals surface area contributed by atoms with Crippen molar-refractivity contribution in [2.45, 2.75) is 0 Å². The summed E-state index contributed by atoms with van der Waals surface area (Å²) in [5.41, 5.74) is 1.82. The molecule has 71 valence electrons. The van der Waals surface area contributed by atoms with E-state index in [0.29, 0.717) is 11.2 Å². The lowest BCUT2D eigenvalue weighted by molar-refractivity contribution is 0.568. The monoisotopic (exact) mass is 205 g/mol. The van der Waals surface area contributed by atoms with Crippen molar-refractivity contribution in [2.75, 3.05) is 12.3 Å². The highest BCUT2D eigenvalue weighted by atomic mass is 32.1. The average Bonchev–Trinajstić information content (AvgIpc) is 2.26. The van der Waals surface area contributed by atoms with Gasteiger partial charge in [-0.2, -0.15) is 0 Å². The molecule has 0 saturated carbocycles. The molecule has 3 nitrogen and oxygen atoms in total. The number of carbonyl (C=O) groups is 1. The van der Waals surface area contributed by atoms with Crippen molar-refractivity contribution in [3.05, 3.63) is 29.8 Å². The van der Waals surface area contributed by atoms with E-state index in [2.05, 4.69) is 10.5 Å². The molecule has 0 aliphatic rings. The van der Waals surface area contributed by atoms with Gasteiger partial charge in [-0.1, -0.05) is 24.4 Å². The third kappa shape index (κ3) is 2.85. The van der Waals surface area contributed by atoms with Gasteiger partial charge in [0.25, 0.3) is 0 Å². The number of hydrogen-bond donors (Lipinski definition) is 2. The van der Waals surface area contributed by atoms with E-state index < -0.39 is 0 Å². The lowest BCUT2D eigenvalue weighted by atomic mass is 9.98. The molecule has 1 radical (unpaired) electrons. The number of nitrogens with one attached hydrogen (secondary N) is 2. The molecule has 1 aromatic carbocycles. The van der Waals surface area contributed by atoms with Gasteiger partial charge >= 0.3 is 7.41 Å². The average molecular weight is 205 g/mol. The zero-order chi connectivity index (χ0) is 10.4. The summed E-state index contributed by atoms with van der Waals surface area (Å²) in [6, 6.07) is 7.50. The Kier molecular flexibility index (Phi) is 4.13. The molecule has 2 N–H and O–H groups in total. The lowest BCUT2D eigenvalue weighted by Crippen LogP contribution is -2.16. The number of carbonyl (C=O) groups excluding carboxylic acids is 1. The third-order valence-electron chi connectivity index (χ3n) is 1.69. The van der Waals surface area contributed by atoms with Crippen LogP contribution in [0.25, 0.3) is 0 Å². The van der Waals surface area contributed by atoms with Gasteiger partial charge in [-0.05, 0) is 12.1 Å². The fourth-order valence-corrected chi connectivity index (χ4v) is 1.13. The zero-order valence-electron chi connectivity index (χ0n) is 7.78. The second-order valence-corrected chi connectivity index (χ2v) is 3.01. The van der Waals surface area contributed by atoms with Crippen molar-refractivity contribution in [3.63, 3.8) is 0 Å². The van der Waals surface area contributed by atoms with Gasteiger partial charge in [0.2, 0.25) is 0 Å². The lowest BCUT2D eigenvalue weighted by Gasteiger charge is -2.05. The zero-order valence-corrected chi connectivity index (χ0v) is 8.60. The molecule has 14 heavy (non-hydrogen) atoms. The first-order valence-corrected chi connectivity index (χ1v) is 4.54. The van der Waals surface area contributed by atoms with Gasteiger partial charge in [-0.3, -0.25) is 0 Å². The fraction of sp³-hybridized carbons (Fsp3) is 0.111. The van der Waals surface area contributed by atoms with E-state index in [1.807, 2.05) is 24.3 Å². The number of rotatable bonds is 4. The molecule has 0 amide bonds. The molecule has 0 saturated heterocycles. The molecule has 0 heterocycles. The molecule has 0 bridgehead atoms. The molecule has 0 fully saturated rings. The van der Waals surface area contributed by atoms with Crippen molar-refractivity contribution in [1.82, 2.24) is 5.32 Å². The van der Waals surface area contributed by atoms with E-state index in [1.165, 1.54) is 7.41 Å². The molecule has 0 unspecified atom stereocenters. The van der Waals surface area contributed by atoms with E-state index in [4.69, 9.17) is 12.2 Å². The second kappa shape index (κ2) is 5.39. The SMILES string of the molecule is CNC(=S)c1ccc(N[B]C=O)cc1. The largest absolute Gasteiger partial charge is 0.426 e. The van der Waals surface area contributed by atoms with Gasteiger partial charge in [0, 0.05) is 18.3 Å². The highest BCUT2D eigenvalue weighted by Gasteiger charge is 1.98. The predicted octanol–water partition coefficient (Wildman–Crippen LogP) is 0.803. The maximum Gasteiger partial charge on any atom is 0.326 e. The minimum Gasteiger partial charge on any atom is -0.426 e. The summed E-state index contributed by atoms with van der Waals surface area (Å²) < 4.78 is 0. The van der Waals surface area contributed by atoms with Crippen molar-refractivity contribution in [1.29, 1.82) is 0 Å². The minimum absolute atomic E-state index is 0.701. The molecule has 0 aromatic heterocycles. The third-order valence-corrected chi connectivity index (χ3v) is 2.13. The summed E-state index contributed by atoms with van der Waals surface area (Å²) in [6.07, 6.45) is 0.701. The van der Waals surface area contributed by atoms with E-state index in [9.17, 15) is 4.79 Å². The Bertz CT molecular complexity index is 326. The van der Waals surface area contributed by atoms with Gasteiger partial charge in [0.15, 0.2) is 0 Å². The van der Waals surface area contributed by atoms with Gasteiger partial charge in [0.1, 0.15) is 11.2 Å². The Morgan fingerprint density at radius 2 is 2.07 bits per heavy atom. The quantitative estimate of drug-likeness (QED) is 0.433. The summed E-state index contributed by atoms with van der Waals surface area (Å²) in [5, 5.41) is 5.71. The van der Waals surface area contributed by atoms with Crippen LogP contribution in [0.2, 0.25) is 0 Å². The summed E-state index contributed by atoms with van der Waals surface area (Å²) >= 11 is 5.06. The Morgan fingerprint density at radius 3 is 2.57 bits per heavy atom. The molecular weight excluding hydrogens is 195 g/mol. The molecule has 0 aliphatic heterocycles. The van der Waals surface area contributed by atoms with E-state index in [1.54, 1.807) is 7.05 Å². The fourth-order valence-electron chi connectivity index (χ4n) is 0.992. The maximum absolute atomic E-state index is 10.1. The predicted molar refractivity (Wildman–Crippen MR) is 63.3 cm³/mol. The Hall–Kier alpha value is -1.36. The standard InChI is InChI=1S/C9H10BN2OS/c1-11-9(14)7-2-4-8(5-3-7)12-10-6-13/h2-6,12H,1H3,(H,11,14). The first-order chi connectivity index (χ1) is 6.77. The van der Waals surface area contributed by atoms with Crippen LogP contribution >= 0.6 is 12.2 Å². The molecule has 1 aromatic rings. The molecular formula is C9H10BN2OS. The summed E-state index contributed by atoms with van der Waals surface area (Å²) in [7, 11) is 3.13. The highest BCUT2D eigenvalue weighted by molar-refractivity contribution is 7.80. The van der Waals surface area contributed by atoms with Gasteiger partial charge in [0.05, 0.1) is 0 Å². The van der Waals surface area contributed by atoms with Crippen LogP contribution in [0.4, 0.5) is 5.69 Å². The molecule has 5 heteroatoms. The van der Waals surface area contributed by atoms with E-state index in [-0.39, 0.29) is 0 Å². The smallest absolute Gasteiger partial charge is 0.326 e. The van der Waals surface area contributed by atoms with Gasteiger partial charge in [-0.15, -0.1) is 0 Å². The number of hydrogen-bond acceptors (Lipinski definition) is 3. The topological polar surface area (TPSA) is 41.1 Å². The van der Waals surface area contributed by atoms with Crippen LogP contribution < -0.4 is 10.5 Å². The van der Waals surface area contributed by atoms with Crippen LogP contribution in [0.5, 0.6) is 0 Å². The van der Waals surface area contributed by atoms with Crippen LogP contribution in [-0.2, 0) is 4.79 Å². The first-order valence-electron chi connectivity index (χ1n) is 4.13. The van der Waals surface area contributed by atoms with Crippen molar-refractivity contribution in [3.8, 4) is 0 Å². The van der Waals surface area contributed by atoms with E-state index >= 15 is 0 Å². The van der Waals surface area contributed by atoms with Crippen LogP contribution in [0.15, 0.2) is 24.3 Å². The van der Waals surface area contributed by atoms with Gasteiger partial charge < -0.3 is 15.3 Å². The van der Waals surface area contributed by atoms with Gasteiger partial charge in [-0.25, -0.2) is 0 Å². The highest BCUT2D eigenvalue weighted by Crippen LogP contribution is 2.08. The van der Waals surface area contributed by atoms with Crippen LogP contribution in [0.3, 0.4) is 0 Å². The summed E-state index contributed by atoms with van der Waals surface area (Å²) in [6.45, 7) is 0. The van der Waals surface area contributed by atoms with Crippen LogP contribution in [0.1, 0.15) is 5.56 Å². The van der Waals surface area contributed by atoms with Crippen LogP contribution in [-0.4, -0.2) is 25.6 Å². The number of anilines is 1. The Labute approximate surface area is 89.2 Å². The summed E-state index contributed by atoms with van der Waals surface area (Å²) in [4.78, 5) is 10.8. The second-order valence-electron chi connectivity index (χ2n) is 2.60. The number of benzene rings is 1. The summed E-state index contributed by atoms with van der Waals surface area (Å²) in [5.74, 6) is 0. The minimum atomic E-state index is 0.701. The van der Waals surface area contributed by atoms with Crippen molar-refractivity contribution in [2.24, 2.45) is 0 Å². The molecule has 0 atom stereocenters. The Morgan fingerprint density at radius 1 is 1.43 bits per heavy atom. The molecule has 0 aliphatic carbocycles. The first kappa shape index (κ1) is 10.7. The van der Waals surface area contributed by atoms with E-state index in [0.717, 1.165) is 11.3 Å². The number of thiocarbonyl (C=S) groups is 1.